The van der Waals surface area contributed by atoms with Crippen LogP contribution in [0.2, 0.25) is 0 Å². The van der Waals surface area contributed by atoms with Gasteiger partial charge in [-0.1, -0.05) is 19.8 Å². The van der Waals surface area contributed by atoms with E-state index in [1.165, 1.54) is 32.1 Å². The molecular weight excluding hydrogens is 214 g/mol. The number of hydrogen-bond donors (Lipinski definition) is 0. The van der Waals surface area contributed by atoms with Crippen molar-refractivity contribution in [3.8, 4) is 0 Å². The highest BCUT2D eigenvalue weighted by atomic mass is 16.5. The molecule has 17 heavy (non-hydrogen) atoms. The van der Waals surface area contributed by atoms with E-state index in [1.54, 1.807) is 0 Å². The Bertz CT molecular complexity index is 218. The first kappa shape index (κ1) is 13.3. The molecule has 0 spiro atoms. The molecule has 0 N–H and O–H groups in total. The van der Waals surface area contributed by atoms with E-state index >= 15 is 0 Å². The molecule has 0 aromatic carbocycles. The average molecular weight is 241 g/mol. The SMILES string of the molecule is CCOCN(CC1CCCC(C)C1)C1CCO1. The van der Waals surface area contributed by atoms with Gasteiger partial charge in [0, 0.05) is 19.6 Å². The van der Waals surface area contributed by atoms with Crippen LogP contribution in [0.1, 0.15) is 46.0 Å². The summed E-state index contributed by atoms with van der Waals surface area (Å²) in [4.78, 5) is 2.40. The molecule has 1 saturated carbocycles. The third-order valence-electron chi connectivity index (χ3n) is 4.08. The highest BCUT2D eigenvalue weighted by Gasteiger charge is 2.29. The molecule has 0 aromatic rings. The number of hydrogen-bond acceptors (Lipinski definition) is 3. The highest BCUT2D eigenvalue weighted by molar-refractivity contribution is 4.76. The predicted octanol–water partition coefficient (Wildman–Crippen LogP) is 2.86. The van der Waals surface area contributed by atoms with Gasteiger partial charge in [-0.25, -0.2) is 0 Å². The molecule has 2 rings (SSSR count). The van der Waals surface area contributed by atoms with Crippen LogP contribution in [0.4, 0.5) is 0 Å². The van der Waals surface area contributed by atoms with E-state index in [0.717, 1.165) is 38.3 Å². The first-order chi connectivity index (χ1) is 8.29. The number of ether oxygens (including phenoxy) is 2. The van der Waals surface area contributed by atoms with Crippen molar-refractivity contribution in [2.45, 2.75) is 52.2 Å². The van der Waals surface area contributed by atoms with Gasteiger partial charge in [0.1, 0.15) is 13.0 Å². The second-order valence-electron chi connectivity index (χ2n) is 5.65. The second kappa shape index (κ2) is 6.72. The van der Waals surface area contributed by atoms with Crippen molar-refractivity contribution in [2.24, 2.45) is 11.8 Å². The Morgan fingerprint density at radius 1 is 1.29 bits per heavy atom. The fraction of sp³-hybridized carbons (Fsp3) is 1.00. The lowest BCUT2D eigenvalue weighted by molar-refractivity contribution is -0.176. The van der Waals surface area contributed by atoms with Crippen LogP contribution in [0.15, 0.2) is 0 Å². The minimum absolute atomic E-state index is 0.332. The summed E-state index contributed by atoms with van der Waals surface area (Å²) in [7, 11) is 0. The Hall–Kier alpha value is -0.120. The summed E-state index contributed by atoms with van der Waals surface area (Å²) in [6.07, 6.45) is 7.10. The molecule has 3 atom stereocenters. The van der Waals surface area contributed by atoms with E-state index in [0.29, 0.717) is 6.23 Å². The largest absolute Gasteiger partial charge is 0.366 e. The summed E-state index contributed by atoms with van der Waals surface area (Å²) in [5.41, 5.74) is 0. The van der Waals surface area contributed by atoms with Gasteiger partial charge in [0.2, 0.25) is 0 Å². The fourth-order valence-corrected chi connectivity index (χ4v) is 3.03. The van der Waals surface area contributed by atoms with Crippen molar-refractivity contribution >= 4 is 0 Å². The van der Waals surface area contributed by atoms with E-state index in [1.807, 2.05) is 0 Å². The van der Waals surface area contributed by atoms with Crippen LogP contribution in [-0.2, 0) is 9.47 Å². The predicted molar refractivity (Wildman–Crippen MR) is 68.7 cm³/mol. The van der Waals surface area contributed by atoms with Crippen molar-refractivity contribution in [1.29, 1.82) is 0 Å². The van der Waals surface area contributed by atoms with E-state index in [-0.39, 0.29) is 0 Å². The zero-order chi connectivity index (χ0) is 12.1. The lowest BCUT2D eigenvalue weighted by Crippen LogP contribution is -2.48. The van der Waals surface area contributed by atoms with Gasteiger partial charge in [-0.3, -0.25) is 4.90 Å². The Balaban J connectivity index is 1.78. The van der Waals surface area contributed by atoms with Gasteiger partial charge >= 0.3 is 0 Å². The Morgan fingerprint density at radius 2 is 2.12 bits per heavy atom. The average Bonchev–Trinajstić information content (AvgIpc) is 2.23. The van der Waals surface area contributed by atoms with Gasteiger partial charge in [-0.2, -0.15) is 0 Å². The summed E-state index contributed by atoms with van der Waals surface area (Å²) in [5.74, 6) is 1.76. The quantitative estimate of drug-likeness (QED) is 0.667. The van der Waals surface area contributed by atoms with E-state index in [2.05, 4.69) is 18.7 Å². The maximum Gasteiger partial charge on any atom is 0.114 e. The summed E-state index contributed by atoms with van der Waals surface area (Å²) < 4.78 is 11.2. The summed E-state index contributed by atoms with van der Waals surface area (Å²) in [6, 6.07) is 0. The summed E-state index contributed by atoms with van der Waals surface area (Å²) >= 11 is 0. The third-order valence-corrected chi connectivity index (χ3v) is 4.08. The van der Waals surface area contributed by atoms with E-state index in [4.69, 9.17) is 9.47 Å². The van der Waals surface area contributed by atoms with Crippen LogP contribution in [0, 0.1) is 11.8 Å². The van der Waals surface area contributed by atoms with Crippen LogP contribution in [-0.4, -0.2) is 37.6 Å². The number of rotatable bonds is 6. The maximum absolute atomic E-state index is 5.60. The smallest absolute Gasteiger partial charge is 0.114 e. The molecule has 1 aliphatic carbocycles. The monoisotopic (exact) mass is 241 g/mol. The topological polar surface area (TPSA) is 21.7 Å². The summed E-state index contributed by atoms with van der Waals surface area (Å²) in [6.45, 7) is 8.07. The van der Waals surface area contributed by atoms with Crippen LogP contribution in [0.25, 0.3) is 0 Å². The minimum Gasteiger partial charge on any atom is -0.366 e. The molecule has 1 heterocycles. The molecule has 100 valence electrons. The molecule has 3 nitrogen and oxygen atoms in total. The standard InChI is InChI=1S/C14H27NO2/c1-3-16-11-15(14-7-8-17-14)10-13-6-4-5-12(2)9-13/h12-14H,3-11H2,1-2H3. The molecule has 2 aliphatic rings. The van der Waals surface area contributed by atoms with Gasteiger partial charge in [-0.05, 0) is 31.6 Å². The molecule has 2 fully saturated rings. The zero-order valence-electron chi connectivity index (χ0n) is 11.4. The first-order valence-electron chi connectivity index (χ1n) is 7.23. The van der Waals surface area contributed by atoms with Crippen molar-refractivity contribution < 1.29 is 9.47 Å². The molecule has 0 aromatic heterocycles. The van der Waals surface area contributed by atoms with Crippen LogP contribution in [0.5, 0.6) is 0 Å². The van der Waals surface area contributed by atoms with Crippen molar-refractivity contribution in [1.82, 2.24) is 4.90 Å². The minimum atomic E-state index is 0.332. The molecule has 3 heteroatoms. The van der Waals surface area contributed by atoms with Gasteiger partial charge in [0.25, 0.3) is 0 Å². The molecule has 3 unspecified atom stereocenters. The Labute approximate surface area is 105 Å². The fourth-order valence-electron chi connectivity index (χ4n) is 3.03. The first-order valence-corrected chi connectivity index (χ1v) is 7.23. The van der Waals surface area contributed by atoms with Gasteiger partial charge < -0.3 is 9.47 Å². The van der Waals surface area contributed by atoms with Crippen molar-refractivity contribution in [2.75, 3.05) is 26.5 Å². The summed E-state index contributed by atoms with van der Waals surface area (Å²) in [5, 5.41) is 0. The van der Waals surface area contributed by atoms with E-state index < -0.39 is 0 Å². The van der Waals surface area contributed by atoms with Crippen LogP contribution < -0.4 is 0 Å². The van der Waals surface area contributed by atoms with Crippen LogP contribution >= 0.6 is 0 Å². The lowest BCUT2D eigenvalue weighted by atomic mass is 9.82. The lowest BCUT2D eigenvalue weighted by Gasteiger charge is -2.40. The van der Waals surface area contributed by atoms with Crippen LogP contribution in [0.3, 0.4) is 0 Å². The second-order valence-corrected chi connectivity index (χ2v) is 5.65. The third kappa shape index (κ3) is 3.94. The molecular formula is C14H27NO2. The molecule has 1 aliphatic heterocycles. The van der Waals surface area contributed by atoms with Crippen molar-refractivity contribution in [3.05, 3.63) is 0 Å². The Morgan fingerprint density at radius 3 is 2.71 bits per heavy atom. The maximum atomic E-state index is 5.60. The van der Waals surface area contributed by atoms with Gasteiger partial charge in [0.15, 0.2) is 0 Å². The van der Waals surface area contributed by atoms with Gasteiger partial charge in [0.05, 0.1) is 6.61 Å². The normalized spacial score (nSPS) is 33.7. The molecule has 0 amide bonds. The van der Waals surface area contributed by atoms with Gasteiger partial charge in [-0.15, -0.1) is 0 Å². The Kier molecular flexibility index (Phi) is 5.26. The molecule has 0 radical (unpaired) electrons. The van der Waals surface area contributed by atoms with Crippen molar-refractivity contribution in [3.63, 3.8) is 0 Å². The number of nitrogens with zero attached hydrogens (tertiary/aromatic N) is 1. The zero-order valence-corrected chi connectivity index (χ0v) is 11.4. The molecule has 1 saturated heterocycles. The van der Waals surface area contributed by atoms with E-state index in [9.17, 15) is 0 Å². The molecule has 0 bridgehead atoms. The highest BCUT2D eigenvalue weighted by Crippen LogP contribution is 2.30.